The number of amides is 1. The lowest BCUT2D eigenvalue weighted by Crippen LogP contribution is -3.08. The molecule has 0 saturated heterocycles. The monoisotopic (exact) mass is 379 g/mol. The van der Waals surface area contributed by atoms with Gasteiger partial charge < -0.3 is 25.4 Å². The van der Waals surface area contributed by atoms with Gasteiger partial charge in [-0.05, 0) is 23.3 Å². The second-order valence-electron chi connectivity index (χ2n) is 6.42. The summed E-state index contributed by atoms with van der Waals surface area (Å²) in [5.41, 5.74) is 2.24. The number of methoxy groups -OCH3 is 1. The van der Waals surface area contributed by atoms with Gasteiger partial charge in [0.1, 0.15) is 23.5 Å². The van der Waals surface area contributed by atoms with E-state index >= 15 is 0 Å². The highest BCUT2D eigenvalue weighted by Crippen LogP contribution is 2.41. The van der Waals surface area contributed by atoms with Crippen LogP contribution in [-0.4, -0.2) is 26.6 Å². The molecule has 2 aliphatic heterocycles. The number of hydrogen-bond acceptors (Lipinski definition) is 5. The number of hydrogen-bond donors (Lipinski definition) is 3. The molecule has 6 nitrogen and oxygen atoms in total. The zero-order valence-electron chi connectivity index (χ0n) is 13.9. The number of likely N-dealkylation sites (N-methyl/N-ethyl adjacent to an activating group) is 1. The molecule has 8 heteroatoms. The Kier molecular flexibility index (Phi) is 4.02. The summed E-state index contributed by atoms with van der Waals surface area (Å²) in [7, 11) is 3.58. The summed E-state index contributed by atoms with van der Waals surface area (Å²) in [5.74, 6) is -0.257. The number of benzene rings is 1. The van der Waals surface area contributed by atoms with Crippen molar-refractivity contribution in [3.63, 3.8) is 0 Å². The molecule has 0 spiro atoms. The van der Waals surface area contributed by atoms with Gasteiger partial charge in [0.2, 0.25) is 0 Å². The first-order valence-corrected chi connectivity index (χ1v) is 9.25. The van der Waals surface area contributed by atoms with Crippen molar-refractivity contribution in [2.75, 3.05) is 26.0 Å². The number of nitrogens with one attached hydrogen (secondary N) is 3. The number of anilines is 1. The van der Waals surface area contributed by atoms with E-state index in [2.05, 4.69) is 17.7 Å². The molecule has 25 heavy (non-hydrogen) atoms. The van der Waals surface area contributed by atoms with Crippen molar-refractivity contribution in [3.8, 4) is 11.5 Å². The van der Waals surface area contributed by atoms with Gasteiger partial charge in [0, 0.05) is 11.4 Å². The lowest BCUT2D eigenvalue weighted by atomic mass is 10.0. The van der Waals surface area contributed by atoms with Gasteiger partial charge in [-0.3, -0.25) is 4.79 Å². The number of ether oxygens (including phenoxy) is 1. The molecular formula is C17H18ClN3O3S. The van der Waals surface area contributed by atoms with Gasteiger partial charge in [-0.1, -0.05) is 17.4 Å². The molecule has 2 unspecified atom stereocenters. The molecule has 0 aliphatic carbocycles. The summed E-state index contributed by atoms with van der Waals surface area (Å²) in [6, 6.07) is 3.05. The van der Waals surface area contributed by atoms with Gasteiger partial charge in [0.15, 0.2) is 0 Å². The van der Waals surface area contributed by atoms with Crippen LogP contribution < -0.4 is 25.4 Å². The SMILES string of the molecule is COc1cc(Cl)cc(C2NC(=O)c3c(sc4c3CC[NH+](C)C4)N2)c1[O-]. The molecule has 2 aromatic rings. The summed E-state index contributed by atoms with van der Waals surface area (Å²) in [6.45, 7) is 1.94. The van der Waals surface area contributed by atoms with Crippen LogP contribution in [0.5, 0.6) is 11.5 Å². The van der Waals surface area contributed by atoms with Crippen LogP contribution in [0.3, 0.4) is 0 Å². The fourth-order valence-corrected chi connectivity index (χ4v) is 5.05. The Morgan fingerprint density at radius 1 is 1.40 bits per heavy atom. The van der Waals surface area contributed by atoms with E-state index in [4.69, 9.17) is 16.3 Å². The molecule has 1 amide bonds. The van der Waals surface area contributed by atoms with Crippen molar-refractivity contribution in [2.24, 2.45) is 0 Å². The summed E-state index contributed by atoms with van der Waals surface area (Å²) in [4.78, 5) is 15.4. The standard InChI is InChI=1S/C17H18ClN3O3S/c1-21-4-3-9-12(7-21)25-17-13(9)16(23)19-15(20-17)10-5-8(18)6-11(24-2)14(10)22/h5-6,15,20,22H,3-4,7H2,1-2H3,(H,19,23). The van der Waals surface area contributed by atoms with Crippen LogP contribution in [0.1, 0.15) is 32.5 Å². The van der Waals surface area contributed by atoms with Crippen LogP contribution in [0, 0.1) is 0 Å². The summed E-state index contributed by atoms with van der Waals surface area (Å²) in [6.07, 6.45) is 0.273. The fraction of sp³-hybridized carbons (Fsp3) is 0.353. The quantitative estimate of drug-likeness (QED) is 0.724. The Bertz CT molecular complexity index is 867. The molecule has 132 valence electrons. The molecule has 2 atom stereocenters. The molecule has 0 radical (unpaired) electrons. The molecular weight excluding hydrogens is 362 g/mol. The van der Waals surface area contributed by atoms with Crippen molar-refractivity contribution in [2.45, 2.75) is 19.1 Å². The molecule has 4 rings (SSSR count). The zero-order chi connectivity index (χ0) is 17.7. The number of quaternary nitrogens is 1. The number of halogens is 1. The second kappa shape index (κ2) is 6.09. The van der Waals surface area contributed by atoms with Crippen LogP contribution >= 0.6 is 22.9 Å². The highest BCUT2D eigenvalue weighted by Gasteiger charge is 2.34. The number of rotatable bonds is 2. The predicted molar refractivity (Wildman–Crippen MR) is 94.8 cm³/mol. The Balaban J connectivity index is 1.73. The largest absolute Gasteiger partial charge is 0.870 e. The number of fused-ring (bicyclic) bond motifs is 3. The topological polar surface area (TPSA) is 77.9 Å². The van der Waals surface area contributed by atoms with E-state index in [0.717, 1.165) is 35.6 Å². The van der Waals surface area contributed by atoms with E-state index in [1.165, 1.54) is 23.0 Å². The van der Waals surface area contributed by atoms with Crippen LogP contribution in [0.25, 0.3) is 0 Å². The maximum absolute atomic E-state index is 12.7. The van der Waals surface area contributed by atoms with Crippen molar-refractivity contribution >= 4 is 33.8 Å². The van der Waals surface area contributed by atoms with Crippen molar-refractivity contribution < 1.29 is 19.5 Å². The van der Waals surface area contributed by atoms with E-state index in [-0.39, 0.29) is 17.4 Å². The van der Waals surface area contributed by atoms with Gasteiger partial charge >= 0.3 is 0 Å². The first-order valence-electron chi connectivity index (χ1n) is 8.05. The highest BCUT2D eigenvalue weighted by molar-refractivity contribution is 7.16. The van der Waals surface area contributed by atoms with Crippen LogP contribution in [0.15, 0.2) is 12.1 Å². The molecule has 3 heterocycles. The average Bonchev–Trinajstić information content (AvgIpc) is 2.94. The summed E-state index contributed by atoms with van der Waals surface area (Å²) >= 11 is 7.70. The van der Waals surface area contributed by atoms with E-state index in [1.807, 2.05) is 0 Å². The van der Waals surface area contributed by atoms with Gasteiger partial charge in [0.25, 0.3) is 5.91 Å². The molecule has 1 aromatic heterocycles. The average molecular weight is 380 g/mol. The highest BCUT2D eigenvalue weighted by atomic mass is 35.5. The predicted octanol–water partition coefficient (Wildman–Crippen LogP) is 0.909. The molecule has 0 bridgehead atoms. The first-order chi connectivity index (χ1) is 12.0. The van der Waals surface area contributed by atoms with Crippen molar-refractivity contribution in [3.05, 3.63) is 38.7 Å². The number of carbonyl (C=O) groups is 1. The maximum Gasteiger partial charge on any atom is 0.256 e. The lowest BCUT2D eigenvalue weighted by Gasteiger charge is -2.30. The molecule has 1 aromatic carbocycles. The van der Waals surface area contributed by atoms with Gasteiger partial charge in [-0.25, -0.2) is 0 Å². The van der Waals surface area contributed by atoms with Crippen LogP contribution in [0.2, 0.25) is 5.02 Å². The van der Waals surface area contributed by atoms with Gasteiger partial charge in [-0.15, -0.1) is 11.3 Å². The number of carbonyl (C=O) groups excluding carboxylic acids is 1. The molecule has 3 N–H and O–H groups in total. The molecule has 0 fully saturated rings. The fourth-order valence-electron chi connectivity index (χ4n) is 3.44. The van der Waals surface area contributed by atoms with Crippen LogP contribution in [-0.2, 0) is 13.0 Å². The third kappa shape index (κ3) is 2.72. The van der Waals surface area contributed by atoms with Crippen molar-refractivity contribution in [1.82, 2.24) is 5.32 Å². The maximum atomic E-state index is 12.7. The summed E-state index contributed by atoms with van der Waals surface area (Å²) < 4.78 is 5.09. The zero-order valence-corrected chi connectivity index (χ0v) is 15.4. The minimum atomic E-state index is -0.620. The third-order valence-corrected chi connectivity index (χ3v) is 6.09. The van der Waals surface area contributed by atoms with E-state index in [1.54, 1.807) is 17.4 Å². The molecule has 2 aliphatic rings. The Hall–Kier alpha value is -1.96. The van der Waals surface area contributed by atoms with E-state index < -0.39 is 6.17 Å². The van der Waals surface area contributed by atoms with Gasteiger partial charge in [-0.2, -0.15) is 0 Å². The normalized spacial score (nSPS) is 21.8. The minimum Gasteiger partial charge on any atom is -0.870 e. The lowest BCUT2D eigenvalue weighted by molar-refractivity contribution is -0.895. The number of thiophene rings is 1. The smallest absolute Gasteiger partial charge is 0.256 e. The van der Waals surface area contributed by atoms with Crippen molar-refractivity contribution in [1.29, 1.82) is 0 Å². The van der Waals surface area contributed by atoms with E-state index in [0.29, 0.717) is 10.6 Å². The molecule has 0 saturated carbocycles. The third-order valence-electron chi connectivity index (χ3n) is 4.71. The first kappa shape index (κ1) is 16.5. The van der Waals surface area contributed by atoms with E-state index in [9.17, 15) is 9.90 Å². The minimum absolute atomic E-state index is 0.144. The Labute approximate surface area is 154 Å². The Morgan fingerprint density at radius 2 is 2.20 bits per heavy atom. The summed E-state index contributed by atoms with van der Waals surface area (Å²) in [5, 5.41) is 19.9. The van der Waals surface area contributed by atoms with Gasteiger partial charge in [0.05, 0.1) is 31.1 Å². The van der Waals surface area contributed by atoms with Crippen LogP contribution in [0.4, 0.5) is 5.00 Å². The second-order valence-corrected chi connectivity index (χ2v) is 7.96. The Morgan fingerprint density at radius 3 is 2.96 bits per heavy atom.